The normalized spacial score (nSPS) is 17.5. The molecule has 1 amide bonds. The second-order valence-electron chi connectivity index (χ2n) is 5.69. The molecule has 126 valence electrons. The Bertz CT molecular complexity index is 717. The van der Waals surface area contributed by atoms with E-state index in [-0.39, 0.29) is 12.5 Å². The van der Waals surface area contributed by atoms with Crippen LogP contribution >= 0.6 is 11.3 Å². The van der Waals surface area contributed by atoms with Crippen LogP contribution in [0.1, 0.15) is 28.9 Å². The maximum absolute atomic E-state index is 12.8. The minimum atomic E-state index is -0.847. The van der Waals surface area contributed by atoms with E-state index in [1.807, 2.05) is 11.4 Å². The van der Waals surface area contributed by atoms with Crippen LogP contribution in [0.5, 0.6) is 5.75 Å². The Labute approximate surface area is 143 Å². The van der Waals surface area contributed by atoms with Crippen molar-refractivity contribution >= 4 is 23.2 Å². The van der Waals surface area contributed by atoms with Crippen LogP contribution in [0.4, 0.5) is 0 Å². The van der Waals surface area contributed by atoms with Crippen molar-refractivity contribution in [1.29, 1.82) is 0 Å². The van der Waals surface area contributed by atoms with Crippen molar-refractivity contribution in [1.82, 2.24) is 9.88 Å². The quantitative estimate of drug-likeness (QED) is 0.900. The summed E-state index contributed by atoms with van der Waals surface area (Å²) in [5.41, 5.74) is 3.00. The van der Waals surface area contributed by atoms with Crippen molar-refractivity contribution in [2.75, 3.05) is 13.1 Å². The molecule has 3 rings (SSSR count). The Kier molecular flexibility index (Phi) is 5.10. The van der Waals surface area contributed by atoms with Gasteiger partial charge in [0.1, 0.15) is 12.4 Å². The van der Waals surface area contributed by atoms with Gasteiger partial charge in [-0.3, -0.25) is 9.59 Å². The highest BCUT2D eigenvalue weighted by molar-refractivity contribution is 7.07. The first kappa shape index (κ1) is 16.4. The molecule has 7 heteroatoms. The summed E-state index contributed by atoms with van der Waals surface area (Å²) >= 11 is 1.49. The number of thiazole rings is 1. The molecule has 6 nitrogen and oxygen atoms in total. The molecular formula is C17H18N2O4S. The largest absolute Gasteiger partial charge is 0.486 e. The highest BCUT2D eigenvalue weighted by Crippen LogP contribution is 2.24. The van der Waals surface area contributed by atoms with Crippen LogP contribution < -0.4 is 4.74 Å². The maximum atomic E-state index is 12.8. The molecule has 1 atom stereocenters. The van der Waals surface area contributed by atoms with Crippen molar-refractivity contribution in [3.05, 3.63) is 46.4 Å². The second kappa shape index (κ2) is 7.44. The number of carboxylic acid groups (broad SMARTS) is 1. The lowest BCUT2D eigenvalue weighted by atomic mass is 9.97. The molecule has 2 heterocycles. The van der Waals surface area contributed by atoms with Crippen LogP contribution in [0.25, 0.3) is 0 Å². The fourth-order valence-corrected chi connectivity index (χ4v) is 3.31. The van der Waals surface area contributed by atoms with E-state index < -0.39 is 11.9 Å². The number of carbonyl (C=O) groups excluding carboxylic acids is 1. The number of likely N-dealkylation sites (tertiary alicyclic amines) is 1. The summed E-state index contributed by atoms with van der Waals surface area (Å²) in [6, 6.07) is 7.05. The van der Waals surface area contributed by atoms with E-state index in [2.05, 4.69) is 4.98 Å². The Morgan fingerprint density at radius 3 is 2.96 bits per heavy atom. The minimum absolute atomic E-state index is 0.185. The molecule has 1 aliphatic heterocycles. The summed E-state index contributed by atoms with van der Waals surface area (Å²) < 4.78 is 5.75. The number of nitrogens with zero attached hydrogens (tertiary/aromatic N) is 2. The first-order valence-corrected chi connectivity index (χ1v) is 8.70. The fraction of sp³-hybridized carbons (Fsp3) is 0.353. The lowest BCUT2D eigenvalue weighted by molar-refractivity contribution is -0.143. The monoisotopic (exact) mass is 346 g/mol. The highest BCUT2D eigenvalue weighted by Gasteiger charge is 2.29. The zero-order valence-corrected chi connectivity index (χ0v) is 13.9. The van der Waals surface area contributed by atoms with E-state index in [1.165, 1.54) is 11.3 Å². The van der Waals surface area contributed by atoms with Gasteiger partial charge in [-0.05, 0) is 25.0 Å². The number of amides is 1. The molecule has 2 aromatic rings. The molecule has 0 spiro atoms. The van der Waals surface area contributed by atoms with Crippen molar-refractivity contribution < 1.29 is 19.4 Å². The average molecular weight is 346 g/mol. The first-order chi connectivity index (χ1) is 11.6. The third-order valence-corrected chi connectivity index (χ3v) is 4.67. The molecular weight excluding hydrogens is 328 g/mol. The molecule has 1 aromatic carbocycles. The van der Waals surface area contributed by atoms with Crippen molar-refractivity contribution in [2.45, 2.75) is 19.4 Å². The van der Waals surface area contributed by atoms with Crippen LogP contribution in [-0.4, -0.2) is 40.0 Å². The number of carboxylic acids is 1. The van der Waals surface area contributed by atoms with Gasteiger partial charge >= 0.3 is 5.97 Å². The molecule has 0 saturated carbocycles. The van der Waals surface area contributed by atoms with E-state index in [1.54, 1.807) is 28.6 Å². The van der Waals surface area contributed by atoms with E-state index >= 15 is 0 Å². The van der Waals surface area contributed by atoms with E-state index in [4.69, 9.17) is 4.74 Å². The number of carbonyl (C=O) groups is 2. The molecule has 1 aliphatic rings. The number of rotatable bonds is 5. The van der Waals surface area contributed by atoms with Gasteiger partial charge in [0.25, 0.3) is 5.91 Å². The van der Waals surface area contributed by atoms with Gasteiger partial charge in [-0.25, -0.2) is 4.98 Å². The van der Waals surface area contributed by atoms with Crippen molar-refractivity contribution in [2.24, 2.45) is 5.92 Å². The molecule has 0 radical (unpaired) electrons. The number of benzene rings is 1. The van der Waals surface area contributed by atoms with Gasteiger partial charge in [-0.2, -0.15) is 0 Å². The van der Waals surface area contributed by atoms with Crippen LogP contribution in [-0.2, 0) is 11.4 Å². The number of ether oxygens (including phenoxy) is 1. The van der Waals surface area contributed by atoms with Crippen LogP contribution in [0.15, 0.2) is 35.2 Å². The van der Waals surface area contributed by atoms with E-state index in [0.29, 0.717) is 37.3 Å². The minimum Gasteiger partial charge on any atom is -0.486 e. The molecule has 24 heavy (non-hydrogen) atoms. The summed E-state index contributed by atoms with van der Waals surface area (Å²) in [4.78, 5) is 29.7. The Morgan fingerprint density at radius 1 is 1.38 bits per heavy atom. The number of aromatic nitrogens is 1. The number of hydrogen-bond donors (Lipinski definition) is 1. The van der Waals surface area contributed by atoms with Gasteiger partial charge in [-0.1, -0.05) is 12.1 Å². The van der Waals surface area contributed by atoms with Gasteiger partial charge in [-0.15, -0.1) is 11.3 Å². The zero-order valence-electron chi connectivity index (χ0n) is 13.1. The van der Waals surface area contributed by atoms with Crippen molar-refractivity contribution in [3.63, 3.8) is 0 Å². The van der Waals surface area contributed by atoms with Gasteiger partial charge in [0, 0.05) is 18.5 Å². The Balaban J connectivity index is 1.73. The molecule has 1 fully saturated rings. The summed E-state index contributed by atoms with van der Waals surface area (Å²) in [5, 5.41) is 11.1. The average Bonchev–Trinajstić information content (AvgIpc) is 3.13. The SMILES string of the molecule is O=C(O)[C@H]1CCCN(C(=O)c2ccccc2OCc2cscn2)C1. The van der Waals surface area contributed by atoms with Gasteiger partial charge in [0.15, 0.2) is 0 Å². The molecule has 0 bridgehead atoms. The molecule has 0 unspecified atom stereocenters. The zero-order chi connectivity index (χ0) is 16.9. The molecule has 0 aliphatic carbocycles. The number of hydrogen-bond acceptors (Lipinski definition) is 5. The van der Waals surface area contributed by atoms with E-state index in [0.717, 1.165) is 5.69 Å². The summed E-state index contributed by atoms with van der Waals surface area (Å²) in [6.45, 7) is 1.11. The smallest absolute Gasteiger partial charge is 0.308 e. The maximum Gasteiger partial charge on any atom is 0.308 e. The number of para-hydroxylation sites is 1. The second-order valence-corrected chi connectivity index (χ2v) is 6.41. The molecule has 1 saturated heterocycles. The van der Waals surface area contributed by atoms with Crippen LogP contribution in [0, 0.1) is 5.92 Å². The molecule has 1 aromatic heterocycles. The van der Waals surface area contributed by atoms with Crippen LogP contribution in [0.2, 0.25) is 0 Å². The lowest BCUT2D eigenvalue weighted by Gasteiger charge is -2.31. The predicted molar refractivity (Wildman–Crippen MR) is 89.2 cm³/mol. The number of aliphatic carboxylic acids is 1. The van der Waals surface area contributed by atoms with Gasteiger partial charge in [0.05, 0.1) is 22.7 Å². The summed E-state index contributed by atoms with van der Waals surface area (Å²) in [6.07, 6.45) is 1.31. The van der Waals surface area contributed by atoms with Gasteiger partial charge in [0.2, 0.25) is 0 Å². The Morgan fingerprint density at radius 2 is 2.21 bits per heavy atom. The summed E-state index contributed by atoms with van der Waals surface area (Å²) in [7, 11) is 0. The third-order valence-electron chi connectivity index (χ3n) is 4.03. The van der Waals surface area contributed by atoms with Crippen LogP contribution in [0.3, 0.4) is 0 Å². The Hall–Kier alpha value is -2.41. The fourth-order valence-electron chi connectivity index (χ4n) is 2.76. The molecule has 1 N–H and O–H groups in total. The highest BCUT2D eigenvalue weighted by atomic mass is 32.1. The standard InChI is InChI=1S/C17H18N2O4S/c20-16(19-7-3-4-12(8-19)17(21)22)14-5-1-2-6-15(14)23-9-13-10-24-11-18-13/h1-2,5-6,10-12H,3-4,7-9H2,(H,21,22)/t12-/m0/s1. The van der Waals surface area contributed by atoms with Gasteiger partial charge < -0.3 is 14.7 Å². The topological polar surface area (TPSA) is 79.7 Å². The first-order valence-electron chi connectivity index (χ1n) is 7.76. The predicted octanol–water partition coefficient (Wildman–Crippen LogP) is 2.66. The lowest BCUT2D eigenvalue weighted by Crippen LogP contribution is -2.42. The third kappa shape index (κ3) is 3.73. The van der Waals surface area contributed by atoms with Crippen molar-refractivity contribution in [3.8, 4) is 5.75 Å². The summed E-state index contributed by atoms with van der Waals surface area (Å²) in [5.74, 6) is -1.03. The number of piperidine rings is 1. The van der Waals surface area contributed by atoms with E-state index in [9.17, 15) is 14.7 Å².